The summed E-state index contributed by atoms with van der Waals surface area (Å²) in [7, 11) is -3.69. The molecular formula is C22H20N2O5S. The molecule has 1 aliphatic heterocycles. The Labute approximate surface area is 174 Å². The third-order valence-corrected chi connectivity index (χ3v) is 5.95. The zero-order valence-electron chi connectivity index (χ0n) is 16.0. The number of para-hydroxylation sites is 1. The molecule has 0 atom stereocenters. The van der Waals surface area contributed by atoms with Crippen LogP contribution in [0, 0.1) is 0 Å². The van der Waals surface area contributed by atoms with Gasteiger partial charge in [-0.3, -0.25) is 9.52 Å². The molecule has 2 N–H and O–H groups in total. The molecule has 1 amide bonds. The third kappa shape index (κ3) is 4.72. The summed E-state index contributed by atoms with van der Waals surface area (Å²) in [6, 6.07) is 20.3. The first-order chi connectivity index (χ1) is 14.5. The smallest absolute Gasteiger partial charge is 0.261 e. The van der Waals surface area contributed by atoms with Crippen molar-refractivity contribution in [3.05, 3.63) is 78.4 Å². The van der Waals surface area contributed by atoms with Gasteiger partial charge >= 0.3 is 0 Å². The largest absolute Gasteiger partial charge is 0.454 e. The van der Waals surface area contributed by atoms with E-state index in [1.807, 2.05) is 24.3 Å². The first-order valence-corrected chi connectivity index (χ1v) is 10.8. The summed E-state index contributed by atoms with van der Waals surface area (Å²) in [6.45, 7) is 0.214. The van der Waals surface area contributed by atoms with Crippen LogP contribution in [0.5, 0.6) is 11.5 Å². The summed E-state index contributed by atoms with van der Waals surface area (Å²) >= 11 is 0. The summed E-state index contributed by atoms with van der Waals surface area (Å²) in [5.41, 5.74) is 1.99. The molecule has 154 valence electrons. The monoisotopic (exact) mass is 424 g/mol. The van der Waals surface area contributed by atoms with Gasteiger partial charge in [-0.05, 0) is 60.5 Å². The van der Waals surface area contributed by atoms with E-state index >= 15 is 0 Å². The quantitative estimate of drug-likeness (QED) is 0.602. The molecule has 0 saturated heterocycles. The van der Waals surface area contributed by atoms with Gasteiger partial charge in [-0.15, -0.1) is 0 Å². The average Bonchev–Trinajstić information content (AvgIpc) is 3.21. The molecule has 0 bridgehead atoms. The molecule has 7 nitrogen and oxygen atoms in total. The van der Waals surface area contributed by atoms with Gasteiger partial charge in [0.25, 0.3) is 10.0 Å². The molecule has 0 unspecified atom stereocenters. The molecule has 3 aromatic rings. The van der Waals surface area contributed by atoms with Crippen molar-refractivity contribution in [2.75, 3.05) is 16.8 Å². The van der Waals surface area contributed by atoms with Crippen LogP contribution < -0.4 is 19.5 Å². The van der Waals surface area contributed by atoms with Crippen LogP contribution in [0.4, 0.5) is 11.4 Å². The van der Waals surface area contributed by atoms with Crippen molar-refractivity contribution in [3.8, 4) is 11.5 Å². The number of carbonyl (C=O) groups is 1. The molecular weight excluding hydrogens is 404 g/mol. The summed E-state index contributed by atoms with van der Waals surface area (Å²) in [4.78, 5) is 12.4. The van der Waals surface area contributed by atoms with E-state index in [2.05, 4.69) is 10.0 Å². The number of carbonyl (C=O) groups excluding carboxylic acids is 1. The zero-order valence-corrected chi connectivity index (χ0v) is 16.8. The maximum atomic E-state index is 12.5. The Kier molecular flexibility index (Phi) is 5.58. The molecule has 0 fully saturated rings. The average molecular weight is 424 g/mol. The predicted molar refractivity (Wildman–Crippen MR) is 113 cm³/mol. The van der Waals surface area contributed by atoms with Gasteiger partial charge in [-0.1, -0.05) is 24.3 Å². The minimum atomic E-state index is -3.69. The molecule has 30 heavy (non-hydrogen) atoms. The highest BCUT2D eigenvalue weighted by Crippen LogP contribution is 2.32. The van der Waals surface area contributed by atoms with E-state index in [1.165, 1.54) is 12.1 Å². The van der Waals surface area contributed by atoms with E-state index in [4.69, 9.17) is 9.47 Å². The fraction of sp³-hybridized carbons (Fsp3) is 0.136. The number of aryl methyl sites for hydroxylation is 1. The molecule has 8 heteroatoms. The highest BCUT2D eigenvalue weighted by atomic mass is 32.2. The van der Waals surface area contributed by atoms with Crippen LogP contribution >= 0.6 is 0 Å². The van der Waals surface area contributed by atoms with Crippen LogP contribution in [0.1, 0.15) is 12.0 Å². The van der Waals surface area contributed by atoms with Crippen LogP contribution in [0.25, 0.3) is 0 Å². The van der Waals surface area contributed by atoms with Crippen LogP contribution in [-0.2, 0) is 21.2 Å². The fourth-order valence-corrected chi connectivity index (χ4v) is 4.07. The first kappa shape index (κ1) is 19.8. The number of hydrogen-bond acceptors (Lipinski definition) is 5. The summed E-state index contributed by atoms with van der Waals surface area (Å²) in [5.74, 6) is 1.24. The van der Waals surface area contributed by atoms with E-state index in [0.29, 0.717) is 29.3 Å². The SMILES string of the molecule is O=C(CCc1ccc2c(c1)OCO2)Nc1ccc(S(=O)(=O)Nc2ccccc2)cc1. The zero-order chi connectivity index (χ0) is 21.0. The van der Waals surface area contributed by atoms with E-state index in [0.717, 1.165) is 5.56 Å². The molecule has 0 radical (unpaired) electrons. The Morgan fingerprint density at radius 2 is 1.60 bits per heavy atom. The minimum Gasteiger partial charge on any atom is -0.454 e. The lowest BCUT2D eigenvalue weighted by molar-refractivity contribution is -0.116. The Balaban J connectivity index is 1.33. The molecule has 0 aliphatic carbocycles. The predicted octanol–water partition coefficient (Wildman–Crippen LogP) is 3.79. The van der Waals surface area contributed by atoms with E-state index in [-0.39, 0.29) is 24.0 Å². The van der Waals surface area contributed by atoms with Crippen molar-refractivity contribution in [1.82, 2.24) is 0 Å². The second-order valence-electron chi connectivity index (χ2n) is 6.73. The lowest BCUT2D eigenvalue weighted by Gasteiger charge is -2.09. The number of rotatable bonds is 7. The minimum absolute atomic E-state index is 0.115. The van der Waals surface area contributed by atoms with Crippen molar-refractivity contribution < 1.29 is 22.7 Å². The topological polar surface area (TPSA) is 93.7 Å². The molecule has 0 spiro atoms. The van der Waals surface area contributed by atoms with Crippen molar-refractivity contribution in [1.29, 1.82) is 0 Å². The van der Waals surface area contributed by atoms with Crippen LogP contribution in [-0.4, -0.2) is 21.1 Å². The lowest BCUT2D eigenvalue weighted by Crippen LogP contribution is -2.14. The van der Waals surface area contributed by atoms with E-state index in [9.17, 15) is 13.2 Å². The second kappa shape index (κ2) is 8.46. The first-order valence-electron chi connectivity index (χ1n) is 9.36. The third-order valence-electron chi connectivity index (χ3n) is 4.55. The van der Waals surface area contributed by atoms with Crippen molar-refractivity contribution in [2.45, 2.75) is 17.7 Å². The van der Waals surface area contributed by atoms with Gasteiger partial charge in [0, 0.05) is 17.8 Å². The number of benzene rings is 3. The number of ether oxygens (including phenoxy) is 2. The van der Waals surface area contributed by atoms with Crippen molar-refractivity contribution in [2.24, 2.45) is 0 Å². The summed E-state index contributed by atoms with van der Waals surface area (Å²) < 4.78 is 38.0. The number of fused-ring (bicyclic) bond motifs is 1. The van der Waals surface area contributed by atoms with E-state index < -0.39 is 10.0 Å². The van der Waals surface area contributed by atoms with Gasteiger partial charge < -0.3 is 14.8 Å². The molecule has 1 heterocycles. The van der Waals surface area contributed by atoms with Gasteiger partial charge in [0.2, 0.25) is 12.7 Å². The summed E-state index contributed by atoms with van der Waals surface area (Å²) in [5, 5.41) is 2.78. The highest BCUT2D eigenvalue weighted by molar-refractivity contribution is 7.92. The Morgan fingerprint density at radius 3 is 2.37 bits per heavy atom. The number of amides is 1. The second-order valence-corrected chi connectivity index (χ2v) is 8.41. The van der Waals surface area contributed by atoms with Gasteiger partial charge in [-0.2, -0.15) is 0 Å². The number of sulfonamides is 1. The standard InChI is InChI=1S/C22H20N2O5S/c25-22(13-7-16-6-12-20-21(14-16)29-15-28-20)23-17-8-10-19(11-9-17)30(26,27)24-18-4-2-1-3-5-18/h1-6,8-12,14,24H,7,13,15H2,(H,23,25). The summed E-state index contributed by atoms with van der Waals surface area (Å²) in [6.07, 6.45) is 0.838. The fourth-order valence-electron chi connectivity index (χ4n) is 3.02. The van der Waals surface area contributed by atoms with Crippen LogP contribution in [0.2, 0.25) is 0 Å². The van der Waals surface area contributed by atoms with Crippen molar-refractivity contribution in [3.63, 3.8) is 0 Å². The Bertz CT molecular complexity index is 1150. The van der Waals surface area contributed by atoms with Gasteiger partial charge in [0.05, 0.1) is 4.90 Å². The molecule has 0 saturated carbocycles. The molecule has 3 aromatic carbocycles. The van der Waals surface area contributed by atoms with Crippen LogP contribution in [0.15, 0.2) is 77.7 Å². The highest BCUT2D eigenvalue weighted by Gasteiger charge is 2.15. The number of anilines is 2. The maximum absolute atomic E-state index is 12.5. The Morgan fingerprint density at radius 1 is 0.867 bits per heavy atom. The molecule has 0 aromatic heterocycles. The molecule has 4 rings (SSSR count). The lowest BCUT2D eigenvalue weighted by atomic mass is 10.1. The van der Waals surface area contributed by atoms with Gasteiger partial charge in [-0.25, -0.2) is 8.42 Å². The Hall–Kier alpha value is -3.52. The van der Waals surface area contributed by atoms with Crippen LogP contribution in [0.3, 0.4) is 0 Å². The van der Waals surface area contributed by atoms with Gasteiger partial charge in [0.15, 0.2) is 11.5 Å². The maximum Gasteiger partial charge on any atom is 0.261 e. The van der Waals surface area contributed by atoms with Gasteiger partial charge in [0.1, 0.15) is 0 Å². The van der Waals surface area contributed by atoms with E-state index in [1.54, 1.807) is 36.4 Å². The normalized spacial score (nSPS) is 12.4. The van der Waals surface area contributed by atoms with Crippen molar-refractivity contribution >= 4 is 27.3 Å². The number of nitrogens with one attached hydrogen (secondary N) is 2. The number of hydrogen-bond donors (Lipinski definition) is 2. The molecule has 1 aliphatic rings.